The second-order valence-electron chi connectivity index (χ2n) is 12.4. The van der Waals surface area contributed by atoms with E-state index in [1.807, 2.05) is 19.1 Å². The molecule has 0 bridgehead atoms. The molecule has 1 heterocycles. The second-order valence-corrected chi connectivity index (χ2v) is 14.3. The summed E-state index contributed by atoms with van der Waals surface area (Å²) in [6.45, 7) is 10.5. The third kappa shape index (κ3) is 7.57. The van der Waals surface area contributed by atoms with Gasteiger partial charge in [-0.1, -0.05) is 62.6 Å². The fourth-order valence-electron chi connectivity index (χ4n) is 6.38. The third-order valence-corrected chi connectivity index (χ3v) is 10.1. The van der Waals surface area contributed by atoms with Crippen LogP contribution < -0.4 is 10.1 Å². The number of rotatable bonds is 12. The lowest BCUT2D eigenvalue weighted by Gasteiger charge is -2.47. The number of carbonyl (C=O) groups is 1. The number of hydrogen-bond donors (Lipinski definition) is 2. The summed E-state index contributed by atoms with van der Waals surface area (Å²) >= 11 is 0. The summed E-state index contributed by atoms with van der Waals surface area (Å²) < 4.78 is 25.3. The van der Waals surface area contributed by atoms with Crippen molar-refractivity contribution in [3.8, 4) is 5.75 Å². The minimum absolute atomic E-state index is 0.0265. The van der Waals surface area contributed by atoms with Gasteiger partial charge in [0.1, 0.15) is 17.5 Å². The number of nitrogens with one attached hydrogen (secondary N) is 1. The van der Waals surface area contributed by atoms with Gasteiger partial charge in [-0.2, -0.15) is 0 Å². The predicted octanol–water partition coefficient (Wildman–Crippen LogP) is 8.47. The summed E-state index contributed by atoms with van der Waals surface area (Å²) in [4.78, 5) is 24.2. The van der Waals surface area contributed by atoms with Gasteiger partial charge in [0.25, 0.3) is 5.91 Å². The van der Waals surface area contributed by atoms with Crippen molar-refractivity contribution in [3.63, 3.8) is 0 Å². The maximum Gasteiger partial charge on any atom is 0.328 e. The minimum Gasteiger partial charge on any atom is -0.487 e. The van der Waals surface area contributed by atoms with Crippen LogP contribution in [-0.4, -0.2) is 28.7 Å². The van der Waals surface area contributed by atoms with E-state index in [1.165, 1.54) is 5.57 Å². The molecule has 6 nitrogen and oxygen atoms in total. The van der Waals surface area contributed by atoms with E-state index >= 15 is 0 Å². The zero-order valence-corrected chi connectivity index (χ0v) is 25.8. The summed E-state index contributed by atoms with van der Waals surface area (Å²) in [5.41, 5.74) is 3.91. The van der Waals surface area contributed by atoms with Crippen molar-refractivity contribution in [3.05, 3.63) is 59.2 Å². The van der Waals surface area contributed by atoms with Gasteiger partial charge in [-0.25, -0.2) is 0 Å². The lowest BCUT2D eigenvalue weighted by molar-refractivity contribution is -0.123. The van der Waals surface area contributed by atoms with Gasteiger partial charge in [0, 0.05) is 23.1 Å². The maximum absolute atomic E-state index is 13.6. The first kappa shape index (κ1) is 30.8. The molecule has 4 rings (SSSR count). The van der Waals surface area contributed by atoms with Crippen molar-refractivity contribution in [1.29, 1.82) is 0 Å². The zero-order chi connectivity index (χ0) is 28.9. The quantitative estimate of drug-likeness (QED) is 0.150. The van der Waals surface area contributed by atoms with Gasteiger partial charge in [0.15, 0.2) is 0 Å². The zero-order valence-electron chi connectivity index (χ0n) is 24.9. The first-order valence-electron chi connectivity index (χ1n) is 15.2. The number of unbranched alkanes of at least 4 members (excludes halogenated alkanes) is 2. The van der Waals surface area contributed by atoms with Crippen molar-refractivity contribution in [2.75, 3.05) is 11.5 Å². The molecule has 3 aliphatic rings. The first-order chi connectivity index (χ1) is 19.0. The molecule has 220 valence electrons. The van der Waals surface area contributed by atoms with Gasteiger partial charge in [0.2, 0.25) is 0 Å². The van der Waals surface area contributed by atoms with E-state index < -0.39 is 13.7 Å². The average molecular weight is 570 g/mol. The Hall–Kier alpha value is -2.14. The van der Waals surface area contributed by atoms with Gasteiger partial charge in [0.05, 0.1) is 6.16 Å². The molecule has 5 atom stereocenters. The van der Waals surface area contributed by atoms with Crippen molar-refractivity contribution in [2.24, 2.45) is 11.8 Å². The van der Waals surface area contributed by atoms with Crippen LogP contribution >= 0.6 is 7.60 Å². The predicted molar refractivity (Wildman–Crippen MR) is 163 cm³/mol. The number of ether oxygens (including phenoxy) is 1. The topological polar surface area (TPSA) is 84.9 Å². The molecule has 0 fully saturated rings. The number of amides is 1. The highest BCUT2D eigenvalue weighted by molar-refractivity contribution is 7.52. The molecule has 2 aliphatic carbocycles. The third-order valence-electron chi connectivity index (χ3n) is 8.68. The Bertz CT molecular complexity index is 1200. The highest BCUT2D eigenvalue weighted by atomic mass is 31.2. The average Bonchev–Trinajstić information content (AvgIpc) is 2.90. The molecule has 0 radical (unpaired) electrons. The van der Waals surface area contributed by atoms with E-state index in [4.69, 9.17) is 9.26 Å². The van der Waals surface area contributed by atoms with Gasteiger partial charge in [-0.15, -0.1) is 0 Å². The van der Waals surface area contributed by atoms with Gasteiger partial charge in [-0.05, 0) is 89.3 Å². The second kappa shape index (κ2) is 13.2. The summed E-state index contributed by atoms with van der Waals surface area (Å²) in [7, 11) is -3.94. The van der Waals surface area contributed by atoms with Crippen LogP contribution in [0, 0.1) is 11.8 Å². The Morgan fingerprint density at radius 3 is 2.75 bits per heavy atom. The van der Waals surface area contributed by atoms with Crippen molar-refractivity contribution < 1.29 is 23.5 Å². The van der Waals surface area contributed by atoms with Gasteiger partial charge < -0.3 is 14.9 Å². The molecule has 1 amide bonds. The van der Waals surface area contributed by atoms with Crippen LogP contribution in [0.4, 0.5) is 5.69 Å². The van der Waals surface area contributed by atoms with Gasteiger partial charge in [-0.3, -0.25) is 13.9 Å². The fraction of sp³-hybridized carbons (Fsp3) is 0.606. The molecule has 1 aliphatic heterocycles. The van der Waals surface area contributed by atoms with E-state index in [2.05, 4.69) is 63.4 Å². The summed E-state index contributed by atoms with van der Waals surface area (Å²) in [5, 5.41) is 3.13. The molecule has 4 unspecified atom stereocenters. The molecular weight excluding hydrogens is 521 g/mol. The SMILES string of the molecule is CCCCCc1cc(NC(=O)C(CC)OP(=O)(O)CCC2C=CC=CC2)c2c(c1)OC(C)(C)[C@@H]1CCC(C)=CC21. The number of aryl methyl sites for hydroxylation is 1. The van der Waals surface area contributed by atoms with E-state index in [0.717, 1.165) is 67.5 Å². The Balaban J connectivity index is 1.58. The monoisotopic (exact) mass is 569 g/mol. The van der Waals surface area contributed by atoms with E-state index in [0.29, 0.717) is 18.8 Å². The van der Waals surface area contributed by atoms with Gasteiger partial charge >= 0.3 is 7.60 Å². The normalized spacial score (nSPS) is 25.1. The van der Waals surface area contributed by atoms with Crippen LogP contribution in [-0.2, 0) is 20.3 Å². The molecular formula is C33H48NO5P. The van der Waals surface area contributed by atoms with E-state index in [9.17, 15) is 14.3 Å². The highest BCUT2D eigenvalue weighted by Gasteiger charge is 2.45. The Morgan fingerprint density at radius 2 is 2.05 bits per heavy atom. The molecule has 0 saturated heterocycles. The van der Waals surface area contributed by atoms with E-state index in [-0.39, 0.29) is 29.5 Å². The minimum atomic E-state index is -3.94. The molecule has 2 N–H and O–H groups in total. The number of allylic oxidation sites excluding steroid dienone is 6. The van der Waals surface area contributed by atoms with Crippen LogP contribution in [0.3, 0.4) is 0 Å². The van der Waals surface area contributed by atoms with Crippen LogP contribution in [0.25, 0.3) is 0 Å². The largest absolute Gasteiger partial charge is 0.487 e. The molecule has 1 aromatic rings. The number of benzene rings is 1. The van der Waals surface area contributed by atoms with E-state index in [1.54, 1.807) is 0 Å². The fourth-order valence-corrected chi connectivity index (χ4v) is 7.78. The number of carbonyl (C=O) groups excluding carboxylic acids is 1. The Morgan fingerprint density at radius 1 is 1.25 bits per heavy atom. The maximum atomic E-state index is 13.6. The Kier molecular flexibility index (Phi) is 10.2. The van der Waals surface area contributed by atoms with Crippen LogP contribution in [0.15, 0.2) is 48.1 Å². The Labute approximate surface area is 240 Å². The summed E-state index contributed by atoms with van der Waals surface area (Å²) in [6, 6.07) is 4.23. The summed E-state index contributed by atoms with van der Waals surface area (Å²) in [5.74, 6) is 1.09. The molecule has 0 aromatic heterocycles. The van der Waals surface area contributed by atoms with Crippen molar-refractivity contribution in [1.82, 2.24) is 0 Å². The number of hydrogen-bond acceptors (Lipinski definition) is 4. The number of fused-ring (bicyclic) bond motifs is 3. The van der Waals surface area contributed by atoms with Crippen molar-refractivity contribution >= 4 is 19.2 Å². The first-order valence-corrected chi connectivity index (χ1v) is 17.0. The molecule has 7 heteroatoms. The van der Waals surface area contributed by atoms with Crippen LogP contribution in [0.5, 0.6) is 5.75 Å². The molecule has 0 spiro atoms. The lowest BCUT2D eigenvalue weighted by atomic mass is 9.67. The van der Waals surface area contributed by atoms with Crippen LogP contribution in [0.1, 0.15) is 103 Å². The molecule has 0 saturated carbocycles. The molecule has 40 heavy (non-hydrogen) atoms. The molecule has 1 aromatic carbocycles. The number of anilines is 1. The summed E-state index contributed by atoms with van der Waals surface area (Å²) in [6.07, 6.45) is 17.4. The van der Waals surface area contributed by atoms with Crippen LogP contribution in [0.2, 0.25) is 0 Å². The lowest BCUT2D eigenvalue weighted by Crippen LogP contribution is -2.45. The smallest absolute Gasteiger partial charge is 0.328 e. The highest BCUT2D eigenvalue weighted by Crippen LogP contribution is 2.53. The van der Waals surface area contributed by atoms with Crippen molar-refractivity contribution in [2.45, 2.75) is 110 Å². The standard InChI is InChI=1S/C33H48NO5P/c1-6-8-10-15-25-21-28(31-26-20-23(3)16-17-27(26)33(4,5)38-30(31)22-25)34-32(35)29(7-2)39-40(36,37)19-18-24-13-11-9-12-14-24/h9,11-13,20-22,24,26-27,29H,6-8,10,14-19H2,1-5H3,(H,34,35)(H,36,37)/t24?,26?,27-,29?/m1/s1.